The zero-order chi connectivity index (χ0) is 21.0. The van der Waals surface area contributed by atoms with Crippen LogP contribution in [0, 0.1) is 17.2 Å². The number of carbonyl (C=O) groups is 1. The molecule has 154 valence electrons. The number of amides is 1. The second kappa shape index (κ2) is 9.19. The van der Waals surface area contributed by atoms with Crippen molar-refractivity contribution in [2.45, 2.75) is 63.2 Å². The summed E-state index contributed by atoms with van der Waals surface area (Å²) in [4.78, 5) is 12.5. The minimum atomic E-state index is -0.889. The van der Waals surface area contributed by atoms with Crippen LogP contribution in [0.1, 0.15) is 52.5 Å². The van der Waals surface area contributed by atoms with Crippen molar-refractivity contribution in [2.24, 2.45) is 5.92 Å². The monoisotopic (exact) mass is 431 g/mol. The lowest BCUT2D eigenvalue weighted by Gasteiger charge is -2.27. The van der Waals surface area contributed by atoms with E-state index in [1.807, 2.05) is 38.1 Å². The number of halogens is 1. The molecule has 6 nitrogen and oxygen atoms in total. The molecule has 0 radical (unpaired) electrons. The van der Waals surface area contributed by atoms with E-state index in [1.165, 1.54) is 24.6 Å². The molecule has 1 saturated carbocycles. The van der Waals surface area contributed by atoms with Gasteiger partial charge in [0.15, 0.2) is 11.0 Å². The maximum atomic E-state index is 12.5. The standard InChI is InChI=1S/C21H26ClN5OS/c1-14(2)21(3,13-23)24-18(28)12-29-20-26-25-19(16-10-6-7-11-17(16)22)27(20)15-8-4-5-9-15/h6-7,10-11,14-15H,4-5,8-9,12H2,1-3H3,(H,24,28)/t21-/m0/s1. The summed E-state index contributed by atoms with van der Waals surface area (Å²) in [5.41, 5.74) is -0.0406. The molecule has 1 atom stereocenters. The average molecular weight is 432 g/mol. The molecule has 1 fully saturated rings. The number of nitrogens with one attached hydrogen (secondary N) is 1. The van der Waals surface area contributed by atoms with Gasteiger partial charge in [0.2, 0.25) is 5.91 Å². The van der Waals surface area contributed by atoms with Crippen molar-refractivity contribution in [3.05, 3.63) is 29.3 Å². The van der Waals surface area contributed by atoms with Gasteiger partial charge in [-0.15, -0.1) is 10.2 Å². The molecule has 2 aromatic rings. The minimum Gasteiger partial charge on any atom is -0.337 e. The van der Waals surface area contributed by atoms with Crippen LogP contribution < -0.4 is 5.32 Å². The Morgan fingerprint density at radius 1 is 1.38 bits per heavy atom. The van der Waals surface area contributed by atoms with Crippen LogP contribution in [0.3, 0.4) is 0 Å². The molecule has 0 spiro atoms. The SMILES string of the molecule is CC(C)[C@](C)(C#N)NC(=O)CSc1nnc(-c2ccccc2Cl)n1C1CCCC1. The molecular formula is C21H26ClN5OS. The number of hydrogen-bond donors (Lipinski definition) is 1. The summed E-state index contributed by atoms with van der Waals surface area (Å²) >= 11 is 7.76. The fourth-order valence-electron chi connectivity index (χ4n) is 3.45. The zero-order valence-electron chi connectivity index (χ0n) is 17.0. The van der Waals surface area contributed by atoms with Crippen molar-refractivity contribution in [1.29, 1.82) is 5.26 Å². The number of nitriles is 1. The molecule has 1 aromatic heterocycles. The first-order chi connectivity index (χ1) is 13.9. The summed E-state index contributed by atoms with van der Waals surface area (Å²) in [5.74, 6) is 0.745. The van der Waals surface area contributed by atoms with Gasteiger partial charge >= 0.3 is 0 Å². The Bertz CT molecular complexity index is 916. The summed E-state index contributed by atoms with van der Waals surface area (Å²) in [6.45, 7) is 5.59. The van der Waals surface area contributed by atoms with E-state index < -0.39 is 5.54 Å². The highest BCUT2D eigenvalue weighted by Gasteiger charge is 2.31. The van der Waals surface area contributed by atoms with Crippen LogP contribution >= 0.6 is 23.4 Å². The predicted octanol–water partition coefficient (Wildman–Crippen LogP) is 4.86. The molecule has 1 aliphatic carbocycles. The largest absolute Gasteiger partial charge is 0.337 e. The first-order valence-corrected chi connectivity index (χ1v) is 11.3. The molecule has 29 heavy (non-hydrogen) atoms. The molecule has 1 N–H and O–H groups in total. The molecule has 0 unspecified atom stereocenters. The topological polar surface area (TPSA) is 83.6 Å². The number of nitrogens with zero attached hydrogens (tertiary/aromatic N) is 4. The zero-order valence-corrected chi connectivity index (χ0v) is 18.6. The first kappa shape index (κ1) is 21.7. The van der Waals surface area contributed by atoms with Crippen LogP contribution in [0.25, 0.3) is 11.4 Å². The van der Waals surface area contributed by atoms with Crippen molar-refractivity contribution >= 4 is 29.3 Å². The maximum Gasteiger partial charge on any atom is 0.231 e. The van der Waals surface area contributed by atoms with Crippen LogP contribution in [0.5, 0.6) is 0 Å². The number of hydrogen-bond acceptors (Lipinski definition) is 5. The van der Waals surface area contributed by atoms with Gasteiger partial charge in [0.25, 0.3) is 0 Å². The van der Waals surface area contributed by atoms with E-state index in [0.29, 0.717) is 16.2 Å². The van der Waals surface area contributed by atoms with E-state index in [-0.39, 0.29) is 17.6 Å². The van der Waals surface area contributed by atoms with Gasteiger partial charge in [-0.05, 0) is 37.8 Å². The molecule has 1 aliphatic rings. The number of thioether (sulfide) groups is 1. The lowest BCUT2D eigenvalue weighted by Crippen LogP contribution is -2.49. The van der Waals surface area contributed by atoms with Crippen LogP contribution in [0.15, 0.2) is 29.4 Å². The van der Waals surface area contributed by atoms with Crippen LogP contribution in [0.2, 0.25) is 5.02 Å². The molecule has 1 heterocycles. The normalized spacial score (nSPS) is 16.6. The number of rotatable bonds is 7. The van der Waals surface area contributed by atoms with Gasteiger partial charge in [0.05, 0.1) is 16.8 Å². The lowest BCUT2D eigenvalue weighted by atomic mass is 9.90. The summed E-state index contributed by atoms with van der Waals surface area (Å²) in [5, 5.41) is 22.4. The van der Waals surface area contributed by atoms with Gasteiger partial charge < -0.3 is 5.32 Å². The maximum absolute atomic E-state index is 12.5. The van der Waals surface area contributed by atoms with E-state index in [2.05, 4.69) is 26.2 Å². The Kier molecular flexibility index (Phi) is 6.86. The lowest BCUT2D eigenvalue weighted by molar-refractivity contribution is -0.120. The summed E-state index contributed by atoms with van der Waals surface area (Å²) < 4.78 is 2.14. The van der Waals surface area contributed by atoms with E-state index in [4.69, 9.17) is 11.6 Å². The third-order valence-electron chi connectivity index (χ3n) is 5.59. The second-order valence-electron chi connectivity index (χ2n) is 7.90. The van der Waals surface area contributed by atoms with Gasteiger partial charge in [0, 0.05) is 11.6 Å². The van der Waals surface area contributed by atoms with E-state index in [1.54, 1.807) is 6.92 Å². The average Bonchev–Trinajstić information content (AvgIpc) is 3.35. The molecule has 0 bridgehead atoms. The Balaban J connectivity index is 1.82. The molecule has 0 saturated heterocycles. The van der Waals surface area contributed by atoms with Gasteiger partial charge in [-0.3, -0.25) is 9.36 Å². The Morgan fingerprint density at radius 2 is 2.07 bits per heavy atom. The number of aromatic nitrogens is 3. The van der Waals surface area contributed by atoms with Crippen molar-refractivity contribution < 1.29 is 4.79 Å². The van der Waals surface area contributed by atoms with Crippen molar-refractivity contribution in [2.75, 3.05) is 5.75 Å². The van der Waals surface area contributed by atoms with Gasteiger partial charge in [-0.1, -0.05) is 62.2 Å². The van der Waals surface area contributed by atoms with E-state index in [9.17, 15) is 10.1 Å². The Morgan fingerprint density at radius 3 is 2.69 bits per heavy atom. The number of benzene rings is 1. The molecule has 1 aromatic carbocycles. The minimum absolute atomic E-state index is 0.00965. The van der Waals surface area contributed by atoms with Gasteiger partial charge in [-0.25, -0.2) is 0 Å². The van der Waals surface area contributed by atoms with Crippen LogP contribution in [-0.4, -0.2) is 32.0 Å². The Hall–Kier alpha value is -2.04. The molecule has 0 aliphatic heterocycles. The summed E-state index contributed by atoms with van der Waals surface area (Å²) in [7, 11) is 0. The van der Waals surface area contributed by atoms with Gasteiger partial charge in [-0.2, -0.15) is 5.26 Å². The number of carbonyl (C=O) groups excluding carboxylic acids is 1. The highest BCUT2D eigenvalue weighted by molar-refractivity contribution is 7.99. The van der Waals surface area contributed by atoms with E-state index >= 15 is 0 Å². The first-order valence-electron chi connectivity index (χ1n) is 9.90. The summed E-state index contributed by atoms with van der Waals surface area (Å²) in [6.07, 6.45) is 4.47. The molecule has 8 heteroatoms. The van der Waals surface area contributed by atoms with Crippen molar-refractivity contribution in [3.63, 3.8) is 0 Å². The van der Waals surface area contributed by atoms with Crippen LogP contribution in [0.4, 0.5) is 0 Å². The fraction of sp³-hybridized carbons (Fsp3) is 0.524. The van der Waals surface area contributed by atoms with Crippen molar-refractivity contribution in [1.82, 2.24) is 20.1 Å². The molecule has 3 rings (SSSR count). The highest BCUT2D eigenvalue weighted by Crippen LogP contribution is 2.38. The highest BCUT2D eigenvalue weighted by atomic mass is 35.5. The van der Waals surface area contributed by atoms with Crippen molar-refractivity contribution in [3.8, 4) is 17.5 Å². The second-order valence-corrected chi connectivity index (χ2v) is 9.25. The fourth-order valence-corrected chi connectivity index (χ4v) is 4.48. The van der Waals surface area contributed by atoms with Crippen LogP contribution in [-0.2, 0) is 4.79 Å². The summed E-state index contributed by atoms with van der Waals surface area (Å²) in [6, 6.07) is 10.1. The van der Waals surface area contributed by atoms with Gasteiger partial charge in [0.1, 0.15) is 5.54 Å². The van der Waals surface area contributed by atoms with E-state index in [0.717, 1.165) is 24.2 Å². The quantitative estimate of drug-likeness (QED) is 0.633. The molecular weight excluding hydrogens is 406 g/mol. The third-order valence-corrected chi connectivity index (χ3v) is 6.86. The smallest absolute Gasteiger partial charge is 0.231 e. The third kappa shape index (κ3) is 4.76. The molecule has 1 amide bonds. The Labute approximate surface area is 181 Å². The predicted molar refractivity (Wildman–Crippen MR) is 116 cm³/mol.